The number of allylic oxidation sites excluding steroid dienone is 2. The summed E-state index contributed by atoms with van der Waals surface area (Å²) in [5.74, 6) is 0.678. The molecular formula is C20H28N3O2+. The van der Waals surface area contributed by atoms with E-state index in [4.69, 9.17) is 0 Å². The lowest BCUT2D eigenvalue weighted by molar-refractivity contribution is -0.895. The highest BCUT2D eigenvalue weighted by atomic mass is 16.6. The van der Waals surface area contributed by atoms with Gasteiger partial charge in [0.15, 0.2) is 0 Å². The van der Waals surface area contributed by atoms with Gasteiger partial charge in [-0.2, -0.15) is 0 Å². The van der Waals surface area contributed by atoms with Crippen LogP contribution in [0, 0.1) is 16.0 Å². The van der Waals surface area contributed by atoms with Crippen molar-refractivity contribution in [3.05, 3.63) is 58.2 Å². The molecule has 1 aromatic rings. The summed E-state index contributed by atoms with van der Waals surface area (Å²) in [5, 5.41) is 10.8. The van der Waals surface area contributed by atoms with Crippen LogP contribution in [-0.2, 0) is 0 Å². The molecule has 1 saturated heterocycles. The Morgan fingerprint density at radius 2 is 2.00 bits per heavy atom. The molecule has 2 aliphatic rings. The highest BCUT2D eigenvalue weighted by Gasteiger charge is 2.23. The number of hydrogen-bond acceptors (Lipinski definition) is 3. The number of nitro groups is 1. The van der Waals surface area contributed by atoms with Gasteiger partial charge in [-0.25, -0.2) is 0 Å². The normalized spacial score (nSPS) is 21.7. The van der Waals surface area contributed by atoms with E-state index in [0.29, 0.717) is 5.92 Å². The van der Waals surface area contributed by atoms with Gasteiger partial charge in [0.1, 0.15) is 0 Å². The molecule has 0 amide bonds. The van der Waals surface area contributed by atoms with Crippen LogP contribution < -0.4 is 9.80 Å². The molecule has 5 heteroatoms. The standard InChI is InChI=1S/C20H27N3O2/c1-16(2)18-5-3-17(4-6-18)15-21-11-13-22(14-12-21)19-7-9-20(10-8-19)23(24)25/h3,7-10,18H,1,4-6,11-15H2,2H3/p+1/t18-/m1/s1. The summed E-state index contributed by atoms with van der Waals surface area (Å²) >= 11 is 0. The lowest BCUT2D eigenvalue weighted by atomic mass is 9.85. The average Bonchev–Trinajstić information content (AvgIpc) is 2.63. The van der Waals surface area contributed by atoms with Crippen LogP contribution in [0.4, 0.5) is 11.4 Å². The molecule has 1 aromatic carbocycles. The van der Waals surface area contributed by atoms with Crippen LogP contribution in [0.15, 0.2) is 48.1 Å². The first-order valence-corrected chi connectivity index (χ1v) is 9.19. The largest absolute Gasteiger partial charge is 0.360 e. The quantitative estimate of drug-likeness (QED) is 0.508. The van der Waals surface area contributed by atoms with E-state index < -0.39 is 0 Å². The Morgan fingerprint density at radius 3 is 2.52 bits per heavy atom. The van der Waals surface area contributed by atoms with Gasteiger partial charge in [0.25, 0.3) is 5.69 Å². The molecule has 0 saturated carbocycles. The van der Waals surface area contributed by atoms with E-state index in [1.54, 1.807) is 22.6 Å². The number of piperazine rings is 1. The van der Waals surface area contributed by atoms with Gasteiger partial charge in [-0.1, -0.05) is 18.2 Å². The van der Waals surface area contributed by atoms with Gasteiger partial charge < -0.3 is 9.80 Å². The molecule has 134 valence electrons. The number of nitrogens with one attached hydrogen (secondary N) is 1. The highest BCUT2D eigenvalue weighted by molar-refractivity contribution is 5.51. The molecule has 1 N–H and O–H groups in total. The van der Waals surface area contributed by atoms with Gasteiger partial charge in [-0.05, 0) is 49.8 Å². The SMILES string of the molecule is C=C(C)[C@@H]1CC=C(C[NH+]2CCN(c3ccc([N+](=O)[O-])cc3)CC2)CC1. The fourth-order valence-corrected chi connectivity index (χ4v) is 3.86. The third kappa shape index (κ3) is 4.48. The summed E-state index contributed by atoms with van der Waals surface area (Å²) in [6.45, 7) is 11.7. The predicted octanol–water partition coefficient (Wildman–Crippen LogP) is 2.60. The Kier molecular flexibility index (Phi) is 5.53. The van der Waals surface area contributed by atoms with Crippen LogP contribution >= 0.6 is 0 Å². The topological polar surface area (TPSA) is 50.8 Å². The van der Waals surface area contributed by atoms with Gasteiger partial charge in [0.2, 0.25) is 0 Å². The second-order valence-corrected chi connectivity index (χ2v) is 7.37. The zero-order chi connectivity index (χ0) is 17.8. The van der Waals surface area contributed by atoms with Crippen molar-refractivity contribution in [3.8, 4) is 0 Å². The lowest BCUT2D eigenvalue weighted by Gasteiger charge is -2.34. The van der Waals surface area contributed by atoms with Crippen LogP contribution in [0.3, 0.4) is 0 Å². The molecule has 25 heavy (non-hydrogen) atoms. The van der Waals surface area contributed by atoms with E-state index in [1.165, 1.54) is 18.4 Å². The van der Waals surface area contributed by atoms with E-state index in [1.807, 2.05) is 12.1 Å². The number of nitrogens with zero attached hydrogens (tertiary/aromatic N) is 2. The first-order valence-electron chi connectivity index (χ1n) is 9.19. The Bertz CT molecular complexity index is 658. The number of nitro benzene ring substituents is 1. The minimum atomic E-state index is -0.345. The van der Waals surface area contributed by atoms with Gasteiger partial charge in [0, 0.05) is 17.8 Å². The van der Waals surface area contributed by atoms with Gasteiger partial charge in [0.05, 0.1) is 37.6 Å². The molecule has 1 aliphatic carbocycles. The minimum absolute atomic E-state index is 0.158. The lowest BCUT2D eigenvalue weighted by Crippen LogP contribution is -3.15. The molecule has 0 radical (unpaired) electrons. The predicted molar refractivity (Wildman–Crippen MR) is 101 cm³/mol. The number of anilines is 1. The third-order valence-electron chi connectivity index (χ3n) is 5.58. The summed E-state index contributed by atoms with van der Waals surface area (Å²) in [6, 6.07) is 6.92. The number of benzene rings is 1. The molecule has 1 fully saturated rings. The van der Waals surface area contributed by atoms with E-state index >= 15 is 0 Å². The molecule has 0 unspecified atom stereocenters. The van der Waals surface area contributed by atoms with Crippen LogP contribution in [0.1, 0.15) is 26.2 Å². The van der Waals surface area contributed by atoms with Crippen molar-refractivity contribution in [2.45, 2.75) is 26.2 Å². The zero-order valence-corrected chi connectivity index (χ0v) is 15.0. The monoisotopic (exact) mass is 342 g/mol. The van der Waals surface area contributed by atoms with Gasteiger partial charge in [-0.3, -0.25) is 10.1 Å². The number of quaternary nitrogens is 1. The Morgan fingerprint density at radius 1 is 1.32 bits per heavy atom. The molecule has 0 aromatic heterocycles. The Labute approximate surface area is 149 Å². The van der Waals surface area contributed by atoms with Crippen molar-refractivity contribution in [1.82, 2.24) is 0 Å². The van der Waals surface area contributed by atoms with Gasteiger partial charge in [-0.15, -0.1) is 0 Å². The summed E-state index contributed by atoms with van der Waals surface area (Å²) in [5.41, 5.74) is 4.17. The molecular weight excluding hydrogens is 314 g/mol. The van der Waals surface area contributed by atoms with Crippen LogP contribution in [0.5, 0.6) is 0 Å². The van der Waals surface area contributed by atoms with Crippen LogP contribution in [-0.4, -0.2) is 37.6 Å². The maximum Gasteiger partial charge on any atom is 0.269 e. The summed E-state index contributed by atoms with van der Waals surface area (Å²) < 4.78 is 0. The van der Waals surface area contributed by atoms with Crippen LogP contribution in [0.2, 0.25) is 0 Å². The smallest absolute Gasteiger partial charge is 0.269 e. The number of hydrogen-bond donors (Lipinski definition) is 1. The first-order chi connectivity index (χ1) is 12.0. The second-order valence-electron chi connectivity index (χ2n) is 7.37. The summed E-state index contributed by atoms with van der Waals surface area (Å²) in [4.78, 5) is 14.4. The third-order valence-corrected chi connectivity index (χ3v) is 5.58. The second kappa shape index (κ2) is 7.83. The number of non-ortho nitro benzene ring substituents is 1. The van der Waals surface area contributed by atoms with Crippen molar-refractivity contribution >= 4 is 11.4 Å². The maximum atomic E-state index is 10.8. The van der Waals surface area contributed by atoms with E-state index in [2.05, 4.69) is 24.5 Å². The first kappa shape index (κ1) is 17.7. The highest BCUT2D eigenvalue weighted by Crippen LogP contribution is 2.27. The minimum Gasteiger partial charge on any atom is -0.360 e. The van der Waals surface area contributed by atoms with Crippen molar-refractivity contribution in [2.75, 3.05) is 37.6 Å². The summed E-state index contributed by atoms with van der Waals surface area (Å²) in [6.07, 6.45) is 6.07. The van der Waals surface area contributed by atoms with E-state index in [-0.39, 0.29) is 10.6 Å². The van der Waals surface area contributed by atoms with E-state index in [0.717, 1.165) is 44.8 Å². The fourth-order valence-electron chi connectivity index (χ4n) is 3.86. The molecule has 3 rings (SSSR count). The Balaban J connectivity index is 1.49. The van der Waals surface area contributed by atoms with Crippen molar-refractivity contribution < 1.29 is 9.82 Å². The van der Waals surface area contributed by atoms with E-state index in [9.17, 15) is 10.1 Å². The van der Waals surface area contributed by atoms with Crippen molar-refractivity contribution in [1.29, 1.82) is 0 Å². The Hall–Kier alpha value is -2.14. The molecule has 1 aliphatic heterocycles. The van der Waals surface area contributed by atoms with Gasteiger partial charge >= 0.3 is 0 Å². The fraction of sp³-hybridized carbons (Fsp3) is 0.500. The average molecular weight is 342 g/mol. The molecule has 0 spiro atoms. The zero-order valence-electron chi connectivity index (χ0n) is 15.0. The number of rotatable bonds is 5. The molecule has 5 nitrogen and oxygen atoms in total. The van der Waals surface area contributed by atoms with Crippen molar-refractivity contribution in [2.24, 2.45) is 5.92 Å². The molecule has 0 bridgehead atoms. The van der Waals surface area contributed by atoms with Crippen molar-refractivity contribution in [3.63, 3.8) is 0 Å². The summed E-state index contributed by atoms with van der Waals surface area (Å²) in [7, 11) is 0. The molecule has 1 heterocycles. The maximum absolute atomic E-state index is 10.8. The molecule has 1 atom stereocenters. The van der Waals surface area contributed by atoms with Crippen LogP contribution in [0.25, 0.3) is 0 Å².